The molecule has 2 rings (SSSR count). The molecule has 0 saturated heterocycles. The highest BCUT2D eigenvalue weighted by Crippen LogP contribution is 2.23. The zero-order valence-corrected chi connectivity index (χ0v) is 20.2. The van der Waals surface area contributed by atoms with Crippen molar-refractivity contribution in [3.05, 3.63) is 47.5 Å². The van der Waals surface area contributed by atoms with Crippen molar-refractivity contribution in [2.45, 2.75) is 63.8 Å². The predicted octanol–water partition coefficient (Wildman–Crippen LogP) is 5.72. The molecule has 0 spiro atoms. The molecule has 0 saturated carbocycles. The smallest absolute Gasteiger partial charge is 0.478 e. The summed E-state index contributed by atoms with van der Waals surface area (Å²) in [7, 11) is -5.84. The Morgan fingerprint density at radius 1 is 0.829 bits per heavy atom. The molecule has 0 aliphatic heterocycles. The second-order valence-electron chi connectivity index (χ2n) is 7.50. The standard InChI is InChI=1S/C12H8O4.C10H23N.CHF3O3S/c13-11(14)8-5-1-3-7-4-2-6-9(10(7)8)12(15)16;1-2-3-4-5-6-7-8-9-10-11;2-1(3,4)8(5,6)7/h1-6H,(H,13,14)(H,15,16);2-11H2,1H3;(H,5,6,7). The Balaban J connectivity index is 0.000000534. The van der Waals surface area contributed by atoms with Gasteiger partial charge in [-0.15, -0.1) is 0 Å². The van der Waals surface area contributed by atoms with Gasteiger partial charge in [0.25, 0.3) is 0 Å². The third-order valence-corrected chi connectivity index (χ3v) is 5.30. The molecule has 0 unspecified atom stereocenters. The van der Waals surface area contributed by atoms with Crippen LogP contribution in [0.3, 0.4) is 0 Å². The van der Waals surface area contributed by atoms with Crippen LogP contribution in [0.15, 0.2) is 36.4 Å². The number of hydrogen-bond donors (Lipinski definition) is 4. The fourth-order valence-electron chi connectivity index (χ4n) is 2.98. The van der Waals surface area contributed by atoms with Gasteiger partial charge < -0.3 is 15.9 Å². The van der Waals surface area contributed by atoms with E-state index in [1.807, 2.05) is 0 Å². The zero-order chi connectivity index (χ0) is 27.1. The van der Waals surface area contributed by atoms with Crippen molar-refractivity contribution in [3.63, 3.8) is 0 Å². The number of halogens is 3. The Morgan fingerprint density at radius 2 is 1.20 bits per heavy atom. The first kappa shape index (κ1) is 32.3. The van der Waals surface area contributed by atoms with E-state index in [-0.39, 0.29) is 16.5 Å². The second kappa shape index (κ2) is 16.1. The molecule has 0 heterocycles. The lowest BCUT2D eigenvalue weighted by Gasteiger charge is -2.05. The topological polar surface area (TPSA) is 155 Å². The maximum atomic E-state index is 11.0. The molecule has 2 aromatic rings. The summed E-state index contributed by atoms with van der Waals surface area (Å²) in [4.78, 5) is 22.0. The molecular formula is C23H32F3NO7S. The van der Waals surface area contributed by atoms with Crippen LogP contribution in [0.5, 0.6) is 0 Å². The maximum Gasteiger partial charge on any atom is 0.522 e. The highest BCUT2D eigenvalue weighted by molar-refractivity contribution is 7.86. The summed E-state index contributed by atoms with van der Waals surface area (Å²) in [5, 5.41) is 18.9. The minimum Gasteiger partial charge on any atom is -0.478 e. The van der Waals surface area contributed by atoms with Gasteiger partial charge >= 0.3 is 27.6 Å². The van der Waals surface area contributed by atoms with Gasteiger partial charge in [-0.2, -0.15) is 21.6 Å². The third-order valence-electron chi connectivity index (χ3n) is 4.72. The molecular weight excluding hydrogens is 491 g/mol. The third kappa shape index (κ3) is 12.5. The quantitative estimate of drug-likeness (QED) is 0.175. The lowest BCUT2D eigenvalue weighted by atomic mass is 9.99. The summed E-state index contributed by atoms with van der Waals surface area (Å²) in [6.07, 6.45) is 11.0. The summed E-state index contributed by atoms with van der Waals surface area (Å²) in [6.45, 7) is 3.13. The van der Waals surface area contributed by atoms with Crippen LogP contribution in [0.4, 0.5) is 13.2 Å². The van der Waals surface area contributed by atoms with Crippen molar-refractivity contribution in [1.82, 2.24) is 0 Å². The van der Waals surface area contributed by atoms with E-state index in [9.17, 15) is 22.8 Å². The average Bonchev–Trinajstić information content (AvgIpc) is 2.77. The molecule has 0 amide bonds. The molecule has 0 atom stereocenters. The second-order valence-corrected chi connectivity index (χ2v) is 8.92. The first-order chi connectivity index (χ1) is 16.3. The van der Waals surface area contributed by atoms with Gasteiger partial charge in [0, 0.05) is 5.39 Å². The Labute approximate surface area is 202 Å². The average molecular weight is 524 g/mol. The zero-order valence-electron chi connectivity index (χ0n) is 19.4. The number of carboxylic acids is 2. The van der Waals surface area contributed by atoms with Gasteiger partial charge in [0.05, 0.1) is 11.1 Å². The molecule has 5 N–H and O–H groups in total. The van der Waals surface area contributed by atoms with Gasteiger partial charge in [-0.05, 0) is 30.5 Å². The Hall–Kier alpha value is -2.70. The molecule has 198 valence electrons. The predicted molar refractivity (Wildman–Crippen MR) is 127 cm³/mol. The molecule has 0 radical (unpaired) electrons. The molecule has 12 heteroatoms. The lowest BCUT2D eigenvalue weighted by molar-refractivity contribution is -0.0510. The van der Waals surface area contributed by atoms with Crippen molar-refractivity contribution in [1.29, 1.82) is 0 Å². The number of benzene rings is 2. The van der Waals surface area contributed by atoms with E-state index in [0.29, 0.717) is 5.39 Å². The van der Waals surface area contributed by atoms with Crippen LogP contribution < -0.4 is 5.73 Å². The van der Waals surface area contributed by atoms with Crippen LogP contribution in [0.1, 0.15) is 79.0 Å². The van der Waals surface area contributed by atoms with Crippen LogP contribution in [0, 0.1) is 0 Å². The van der Waals surface area contributed by atoms with E-state index in [1.54, 1.807) is 24.3 Å². The number of carboxylic acid groups (broad SMARTS) is 2. The first-order valence-electron chi connectivity index (χ1n) is 11.0. The van der Waals surface area contributed by atoms with Crippen LogP contribution in [0.25, 0.3) is 10.8 Å². The fourth-order valence-corrected chi connectivity index (χ4v) is 2.98. The monoisotopic (exact) mass is 523 g/mol. The van der Waals surface area contributed by atoms with E-state index in [1.165, 1.54) is 63.5 Å². The van der Waals surface area contributed by atoms with E-state index >= 15 is 0 Å². The molecule has 0 fully saturated rings. The summed E-state index contributed by atoms with van der Waals surface area (Å²) in [5.41, 5.74) is -0.124. The van der Waals surface area contributed by atoms with Gasteiger partial charge in [0.15, 0.2) is 0 Å². The van der Waals surface area contributed by atoms with Crippen LogP contribution in [-0.2, 0) is 10.1 Å². The van der Waals surface area contributed by atoms with E-state index in [4.69, 9.17) is 28.9 Å². The van der Waals surface area contributed by atoms with Gasteiger partial charge in [-0.3, -0.25) is 4.55 Å². The van der Waals surface area contributed by atoms with E-state index in [0.717, 1.165) is 6.54 Å². The van der Waals surface area contributed by atoms with Crippen molar-refractivity contribution in [2.24, 2.45) is 5.73 Å². The summed E-state index contributed by atoms with van der Waals surface area (Å²) in [6, 6.07) is 9.37. The molecule has 35 heavy (non-hydrogen) atoms. The van der Waals surface area contributed by atoms with Crippen LogP contribution >= 0.6 is 0 Å². The highest BCUT2D eigenvalue weighted by Gasteiger charge is 2.44. The fraction of sp³-hybridized carbons (Fsp3) is 0.478. The lowest BCUT2D eigenvalue weighted by Crippen LogP contribution is -2.21. The Bertz CT molecular complexity index is 984. The van der Waals surface area contributed by atoms with Crippen molar-refractivity contribution in [3.8, 4) is 0 Å². The molecule has 0 aliphatic rings. The number of alkyl halides is 3. The number of carbonyl (C=O) groups is 2. The number of nitrogens with two attached hydrogens (primary N) is 1. The molecule has 0 aliphatic carbocycles. The minimum absolute atomic E-state index is 0.00972. The number of fused-ring (bicyclic) bond motifs is 1. The number of hydrogen-bond acceptors (Lipinski definition) is 5. The van der Waals surface area contributed by atoms with Crippen molar-refractivity contribution < 1.29 is 45.9 Å². The van der Waals surface area contributed by atoms with Gasteiger partial charge in [0.2, 0.25) is 0 Å². The number of aromatic carboxylic acids is 2. The van der Waals surface area contributed by atoms with E-state index < -0.39 is 27.6 Å². The summed E-state index contributed by atoms with van der Waals surface area (Å²) < 4.78 is 57.5. The van der Waals surface area contributed by atoms with Crippen LogP contribution in [-0.4, -0.2) is 47.2 Å². The SMILES string of the molecule is CCCCCCCCCCN.O=C(O)c1cccc2cccc(C(=O)O)c12.O=S(=O)(O)C(F)(F)F. The van der Waals surface area contributed by atoms with Crippen LogP contribution in [0.2, 0.25) is 0 Å². The molecule has 2 aromatic carbocycles. The maximum absolute atomic E-state index is 11.0. The Morgan fingerprint density at radius 3 is 1.51 bits per heavy atom. The summed E-state index contributed by atoms with van der Waals surface area (Å²) in [5.74, 6) is -2.25. The Kier molecular flexibility index (Phi) is 14.8. The molecule has 0 bridgehead atoms. The van der Waals surface area contributed by atoms with Crippen molar-refractivity contribution in [2.75, 3.05) is 6.54 Å². The first-order valence-corrected chi connectivity index (χ1v) is 12.4. The van der Waals surface area contributed by atoms with Gasteiger partial charge in [0.1, 0.15) is 0 Å². The van der Waals surface area contributed by atoms with Crippen molar-refractivity contribution >= 4 is 32.8 Å². The largest absolute Gasteiger partial charge is 0.522 e. The summed E-state index contributed by atoms with van der Waals surface area (Å²) >= 11 is 0. The minimum atomic E-state index is -5.84. The molecule has 8 nitrogen and oxygen atoms in total. The van der Waals surface area contributed by atoms with E-state index in [2.05, 4.69) is 6.92 Å². The molecule has 0 aromatic heterocycles. The number of rotatable bonds is 10. The number of unbranched alkanes of at least 4 members (excludes halogenated alkanes) is 7. The normalized spacial score (nSPS) is 11.1. The highest BCUT2D eigenvalue weighted by atomic mass is 32.2. The van der Waals surface area contributed by atoms with Gasteiger partial charge in [-0.1, -0.05) is 76.1 Å². The van der Waals surface area contributed by atoms with Gasteiger partial charge in [-0.25, -0.2) is 9.59 Å².